The summed E-state index contributed by atoms with van der Waals surface area (Å²) in [7, 11) is 0. The molecule has 2 N–H and O–H groups in total. The summed E-state index contributed by atoms with van der Waals surface area (Å²) in [6.45, 7) is 1.02. The van der Waals surface area contributed by atoms with Crippen LogP contribution in [0, 0.1) is 0 Å². The van der Waals surface area contributed by atoms with Gasteiger partial charge in [-0.3, -0.25) is 0 Å². The summed E-state index contributed by atoms with van der Waals surface area (Å²) in [6.07, 6.45) is -0.392. The van der Waals surface area contributed by atoms with Gasteiger partial charge in [0.1, 0.15) is 0 Å². The van der Waals surface area contributed by atoms with E-state index in [1.54, 1.807) is 16.7 Å². The Morgan fingerprint density at radius 1 is 1.27 bits per heavy atom. The van der Waals surface area contributed by atoms with Crippen LogP contribution in [0.1, 0.15) is 5.56 Å². The van der Waals surface area contributed by atoms with Gasteiger partial charge in [0.05, 0.1) is 17.3 Å². The zero-order chi connectivity index (χ0) is 18.1. The van der Waals surface area contributed by atoms with Crippen molar-refractivity contribution in [2.75, 3.05) is 29.1 Å². The Morgan fingerprint density at radius 3 is 3.00 bits per heavy atom. The molecule has 0 aliphatic carbocycles. The number of nitrogens with zero attached hydrogens (tertiary/aromatic N) is 1. The summed E-state index contributed by atoms with van der Waals surface area (Å²) < 4.78 is 25.7. The first kappa shape index (κ1) is 17.5. The Labute approximate surface area is 159 Å². The van der Waals surface area contributed by atoms with E-state index in [9.17, 15) is 8.78 Å². The van der Waals surface area contributed by atoms with Gasteiger partial charge >= 0.3 is 0 Å². The third kappa shape index (κ3) is 3.48. The molecule has 4 rings (SSSR count). The molecule has 0 saturated heterocycles. The lowest BCUT2D eigenvalue weighted by molar-refractivity contribution is 0.155. The lowest BCUT2D eigenvalue weighted by Crippen LogP contribution is -2.33. The number of hydrogen-bond donors (Lipinski definition) is 2. The van der Waals surface area contributed by atoms with Crippen molar-refractivity contribution in [1.82, 2.24) is 4.98 Å². The van der Waals surface area contributed by atoms with Crippen molar-refractivity contribution in [1.29, 1.82) is 0 Å². The van der Waals surface area contributed by atoms with Crippen LogP contribution >= 0.6 is 23.4 Å². The van der Waals surface area contributed by atoms with Crippen LogP contribution < -0.4 is 10.2 Å². The maximum absolute atomic E-state index is 12.9. The summed E-state index contributed by atoms with van der Waals surface area (Å²) in [6, 6.07) is 11.7. The lowest BCUT2D eigenvalue weighted by Gasteiger charge is -2.31. The van der Waals surface area contributed by atoms with E-state index in [0.717, 1.165) is 38.5 Å². The minimum atomic E-state index is -2.34. The number of alkyl halides is 2. The zero-order valence-electron chi connectivity index (χ0n) is 13.9. The van der Waals surface area contributed by atoms with Crippen molar-refractivity contribution in [3.8, 4) is 0 Å². The molecule has 0 saturated carbocycles. The molecule has 136 valence electrons. The first-order chi connectivity index (χ1) is 12.6. The average Bonchev–Trinajstić information content (AvgIpc) is 3.04. The summed E-state index contributed by atoms with van der Waals surface area (Å²) >= 11 is 8.03. The van der Waals surface area contributed by atoms with E-state index in [-0.39, 0.29) is 6.54 Å². The standard InChI is InChI=1S/C19H18ClF2N3S/c20-14-2-1-3-15-19(14)12(10-24-15)9-23-13-4-5-17-16(8-13)25(6-7-26-17)11-18(21)22/h1-5,8,10,18,23-24H,6-7,9,11H2. The van der Waals surface area contributed by atoms with Crippen LogP contribution in [-0.2, 0) is 6.54 Å². The van der Waals surface area contributed by atoms with Gasteiger partial charge in [-0.25, -0.2) is 8.78 Å². The molecule has 0 atom stereocenters. The molecule has 0 amide bonds. The van der Waals surface area contributed by atoms with Gasteiger partial charge in [-0.1, -0.05) is 17.7 Å². The van der Waals surface area contributed by atoms with Gasteiger partial charge in [-0.05, 0) is 35.9 Å². The third-order valence-corrected chi connectivity index (χ3v) is 5.85. The van der Waals surface area contributed by atoms with Crippen LogP contribution in [0.15, 0.2) is 47.5 Å². The molecule has 3 aromatic rings. The van der Waals surface area contributed by atoms with Crippen molar-refractivity contribution in [3.05, 3.63) is 53.2 Å². The summed E-state index contributed by atoms with van der Waals surface area (Å²) in [5, 5.41) is 5.11. The number of fused-ring (bicyclic) bond motifs is 2. The molecule has 2 heterocycles. The highest BCUT2D eigenvalue weighted by molar-refractivity contribution is 7.99. The fraction of sp³-hybridized carbons (Fsp3) is 0.263. The molecule has 0 radical (unpaired) electrons. The van der Waals surface area contributed by atoms with Crippen LogP contribution in [-0.4, -0.2) is 30.3 Å². The van der Waals surface area contributed by atoms with E-state index in [1.807, 2.05) is 42.6 Å². The number of hydrogen-bond acceptors (Lipinski definition) is 3. The molecule has 1 aliphatic rings. The predicted octanol–water partition coefficient (Wildman–Crippen LogP) is 5.61. The monoisotopic (exact) mass is 393 g/mol. The quantitative estimate of drug-likeness (QED) is 0.590. The van der Waals surface area contributed by atoms with Gasteiger partial charge < -0.3 is 15.2 Å². The zero-order valence-corrected chi connectivity index (χ0v) is 15.5. The summed E-state index contributed by atoms with van der Waals surface area (Å²) in [5.74, 6) is 0.834. The van der Waals surface area contributed by atoms with E-state index < -0.39 is 6.43 Å². The molecule has 0 unspecified atom stereocenters. The number of anilines is 2. The van der Waals surface area contributed by atoms with Gasteiger partial charge in [0.2, 0.25) is 0 Å². The van der Waals surface area contributed by atoms with Crippen LogP contribution in [0.5, 0.6) is 0 Å². The van der Waals surface area contributed by atoms with Crippen LogP contribution in [0.25, 0.3) is 10.9 Å². The van der Waals surface area contributed by atoms with Gasteiger partial charge in [0.15, 0.2) is 0 Å². The van der Waals surface area contributed by atoms with E-state index in [4.69, 9.17) is 11.6 Å². The first-order valence-corrected chi connectivity index (χ1v) is 9.76. The molecule has 2 aromatic carbocycles. The molecular formula is C19H18ClF2N3S. The van der Waals surface area contributed by atoms with Crippen molar-refractivity contribution >= 4 is 45.6 Å². The number of benzene rings is 2. The number of halogens is 3. The molecule has 3 nitrogen and oxygen atoms in total. The Balaban J connectivity index is 1.55. The van der Waals surface area contributed by atoms with E-state index in [1.165, 1.54) is 0 Å². The second-order valence-electron chi connectivity index (χ2n) is 6.20. The van der Waals surface area contributed by atoms with E-state index in [2.05, 4.69) is 10.3 Å². The van der Waals surface area contributed by atoms with E-state index >= 15 is 0 Å². The minimum Gasteiger partial charge on any atom is -0.381 e. The number of aromatic amines is 1. The molecule has 1 aliphatic heterocycles. The second kappa shape index (κ2) is 7.37. The van der Waals surface area contributed by atoms with Gasteiger partial charge in [-0.15, -0.1) is 11.8 Å². The van der Waals surface area contributed by atoms with Crippen molar-refractivity contribution in [2.45, 2.75) is 17.9 Å². The van der Waals surface area contributed by atoms with Gasteiger partial charge in [0.25, 0.3) is 6.43 Å². The topological polar surface area (TPSA) is 31.1 Å². The molecule has 0 bridgehead atoms. The van der Waals surface area contributed by atoms with Crippen molar-refractivity contribution in [2.24, 2.45) is 0 Å². The number of rotatable bonds is 5. The largest absolute Gasteiger partial charge is 0.381 e. The summed E-state index contributed by atoms with van der Waals surface area (Å²) in [5.41, 5.74) is 3.86. The van der Waals surface area contributed by atoms with Gasteiger partial charge in [-0.2, -0.15) is 0 Å². The van der Waals surface area contributed by atoms with Gasteiger partial charge in [0, 0.05) is 46.5 Å². The summed E-state index contributed by atoms with van der Waals surface area (Å²) in [4.78, 5) is 6.05. The first-order valence-electron chi connectivity index (χ1n) is 8.40. The Hall–Kier alpha value is -1.92. The van der Waals surface area contributed by atoms with Crippen LogP contribution in [0.4, 0.5) is 20.2 Å². The third-order valence-electron chi connectivity index (χ3n) is 4.50. The van der Waals surface area contributed by atoms with Crippen LogP contribution in [0.2, 0.25) is 5.02 Å². The number of H-pyrrole nitrogens is 1. The van der Waals surface area contributed by atoms with Crippen molar-refractivity contribution in [3.63, 3.8) is 0 Å². The molecule has 0 spiro atoms. The SMILES string of the molecule is FC(F)CN1CCSc2ccc(NCc3c[nH]c4cccc(Cl)c34)cc21. The number of aromatic nitrogens is 1. The van der Waals surface area contributed by atoms with Crippen LogP contribution in [0.3, 0.4) is 0 Å². The molecular weight excluding hydrogens is 376 g/mol. The molecule has 7 heteroatoms. The maximum atomic E-state index is 12.9. The minimum absolute atomic E-state index is 0.227. The molecule has 0 fully saturated rings. The number of nitrogens with one attached hydrogen (secondary N) is 2. The predicted molar refractivity (Wildman–Crippen MR) is 106 cm³/mol. The second-order valence-corrected chi connectivity index (χ2v) is 7.74. The highest BCUT2D eigenvalue weighted by Crippen LogP contribution is 2.37. The molecule has 26 heavy (non-hydrogen) atoms. The normalized spacial score (nSPS) is 14.1. The van der Waals surface area contributed by atoms with Crippen molar-refractivity contribution < 1.29 is 8.78 Å². The Bertz CT molecular complexity index is 928. The number of thioether (sulfide) groups is 1. The average molecular weight is 394 g/mol. The highest BCUT2D eigenvalue weighted by atomic mass is 35.5. The fourth-order valence-corrected chi connectivity index (χ4v) is 4.61. The highest BCUT2D eigenvalue weighted by Gasteiger charge is 2.20. The molecule has 1 aromatic heterocycles. The smallest absolute Gasteiger partial charge is 0.255 e. The van der Waals surface area contributed by atoms with E-state index in [0.29, 0.717) is 18.1 Å². The lowest BCUT2D eigenvalue weighted by atomic mass is 10.1. The fourth-order valence-electron chi connectivity index (χ4n) is 3.28. The maximum Gasteiger partial charge on any atom is 0.255 e. The Kier molecular flexibility index (Phi) is 4.96. The Morgan fingerprint density at radius 2 is 2.15 bits per heavy atom.